The lowest BCUT2D eigenvalue weighted by Crippen LogP contribution is -2.14. The lowest BCUT2D eigenvalue weighted by atomic mass is 10.0. The number of aliphatic hydroxyl groups excluding tert-OH is 1. The highest BCUT2D eigenvalue weighted by atomic mass is 35.5. The zero-order chi connectivity index (χ0) is 12.1. The van der Waals surface area contributed by atoms with Gasteiger partial charge in [0.2, 0.25) is 0 Å². The molecule has 0 bridgehead atoms. The topological polar surface area (TPSA) is 46.0 Å². The third-order valence-corrected chi connectivity index (χ3v) is 2.85. The van der Waals surface area contributed by atoms with Crippen LogP contribution < -0.4 is 0 Å². The molecule has 2 aromatic heterocycles. The van der Waals surface area contributed by atoms with Crippen molar-refractivity contribution in [2.24, 2.45) is 0 Å². The van der Waals surface area contributed by atoms with Crippen LogP contribution in [0.15, 0.2) is 43.0 Å². The van der Waals surface area contributed by atoms with Gasteiger partial charge in [0.25, 0.3) is 0 Å². The molecule has 0 aliphatic heterocycles. The molecule has 0 saturated carbocycles. The second kappa shape index (κ2) is 5.75. The Labute approximate surface area is 105 Å². The first-order valence-electron chi connectivity index (χ1n) is 5.41. The Hall–Kier alpha value is -1.45. The summed E-state index contributed by atoms with van der Waals surface area (Å²) < 4.78 is 0. The van der Waals surface area contributed by atoms with Gasteiger partial charge in [-0.05, 0) is 23.3 Å². The molecular formula is C13H13ClN2O. The predicted octanol–water partition coefficient (Wildman–Crippen LogP) is 2.28. The number of hydrogen-bond donors (Lipinski definition) is 1. The molecule has 0 radical (unpaired) electrons. The molecule has 0 aliphatic rings. The number of rotatable bonds is 4. The van der Waals surface area contributed by atoms with Crippen LogP contribution in [0.1, 0.15) is 11.1 Å². The van der Waals surface area contributed by atoms with Crippen LogP contribution in [0, 0.1) is 0 Å². The van der Waals surface area contributed by atoms with Gasteiger partial charge < -0.3 is 5.11 Å². The molecule has 1 N–H and O–H groups in total. The lowest BCUT2D eigenvalue weighted by Gasteiger charge is -2.11. The minimum Gasteiger partial charge on any atom is -0.392 e. The third-order valence-electron chi connectivity index (χ3n) is 2.51. The van der Waals surface area contributed by atoms with E-state index in [0.717, 1.165) is 11.1 Å². The second-order valence-electron chi connectivity index (χ2n) is 3.89. The summed E-state index contributed by atoms with van der Waals surface area (Å²) in [5.74, 6) is 0. The summed E-state index contributed by atoms with van der Waals surface area (Å²) in [5, 5.41) is 10.6. The maximum absolute atomic E-state index is 9.97. The molecule has 2 heterocycles. The average molecular weight is 249 g/mol. The van der Waals surface area contributed by atoms with Gasteiger partial charge in [-0.15, -0.1) is 0 Å². The van der Waals surface area contributed by atoms with Crippen molar-refractivity contribution in [1.82, 2.24) is 9.97 Å². The first-order chi connectivity index (χ1) is 8.25. The second-order valence-corrected chi connectivity index (χ2v) is 4.30. The Morgan fingerprint density at radius 2 is 1.94 bits per heavy atom. The number of hydrogen-bond acceptors (Lipinski definition) is 3. The number of halogens is 1. The lowest BCUT2D eigenvalue weighted by molar-refractivity contribution is 0.175. The summed E-state index contributed by atoms with van der Waals surface area (Å²) in [4.78, 5) is 7.93. The number of aliphatic hydroxyl groups is 1. The molecule has 2 aromatic rings. The van der Waals surface area contributed by atoms with Crippen molar-refractivity contribution < 1.29 is 5.11 Å². The van der Waals surface area contributed by atoms with Crippen molar-refractivity contribution in [2.75, 3.05) is 0 Å². The SMILES string of the molecule is OC(Cc1cccnc1)Cc1ccncc1Cl. The van der Waals surface area contributed by atoms with Crippen molar-refractivity contribution in [1.29, 1.82) is 0 Å². The van der Waals surface area contributed by atoms with Crippen LogP contribution in [0.4, 0.5) is 0 Å². The van der Waals surface area contributed by atoms with Crippen LogP contribution in [-0.4, -0.2) is 21.2 Å². The van der Waals surface area contributed by atoms with Crippen molar-refractivity contribution >= 4 is 11.6 Å². The van der Waals surface area contributed by atoms with E-state index in [4.69, 9.17) is 11.6 Å². The first kappa shape index (κ1) is 12.0. The van der Waals surface area contributed by atoms with E-state index < -0.39 is 6.10 Å². The average Bonchev–Trinajstić information content (AvgIpc) is 2.33. The zero-order valence-electron chi connectivity index (χ0n) is 9.25. The normalized spacial score (nSPS) is 12.4. The van der Waals surface area contributed by atoms with E-state index >= 15 is 0 Å². The van der Waals surface area contributed by atoms with Crippen molar-refractivity contribution in [3.8, 4) is 0 Å². The van der Waals surface area contributed by atoms with Gasteiger partial charge in [0.1, 0.15) is 0 Å². The molecule has 88 valence electrons. The first-order valence-corrected chi connectivity index (χ1v) is 5.79. The van der Waals surface area contributed by atoms with Gasteiger partial charge in [-0.1, -0.05) is 17.7 Å². The predicted molar refractivity (Wildman–Crippen MR) is 66.9 cm³/mol. The summed E-state index contributed by atoms with van der Waals surface area (Å²) in [5.41, 5.74) is 1.93. The summed E-state index contributed by atoms with van der Waals surface area (Å²) in [7, 11) is 0. The molecule has 0 spiro atoms. The van der Waals surface area contributed by atoms with E-state index in [9.17, 15) is 5.11 Å². The summed E-state index contributed by atoms with van der Waals surface area (Å²) in [6.45, 7) is 0. The fourth-order valence-electron chi connectivity index (χ4n) is 1.69. The standard InChI is InChI=1S/C13H13ClN2O/c14-13-9-16-5-3-11(13)7-12(17)6-10-2-1-4-15-8-10/h1-5,8-9,12,17H,6-7H2. The van der Waals surface area contributed by atoms with Crippen LogP contribution in [0.25, 0.3) is 0 Å². The quantitative estimate of drug-likeness (QED) is 0.903. The van der Waals surface area contributed by atoms with Crippen molar-refractivity contribution in [3.05, 3.63) is 59.1 Å². The van der Waals surface area contributed by atoms with E-state index in [0.29, 0.717) is 17.9 Å². The Morgan fingerprint density at radius 1 is 1.12 bits per heavy atom. The van der Waals surface area contributed by atoms with Gasteiger partial charge in [-0.2, -0.15) is 0 Å². The van der Waals surface area contributed by atoms with Crippen LogP contribution in [0.5, 0.6) is 0 Å². The number of aromatic nitrogens is 2. The molecular weight excluding hydrogens is 236 g/mol. The monoisotopic (exact) mass is 248 g/mol. The molecule has 0 saturated heterocycles. The Balaban J connectivity index is 1.98. The van der Waals surface area contributed by atoms with Gasteiger partial charge in [0.15, 0.2) is 0 Å². The summed E-state index contributed by atoms with van der Waals surface area (Å²) in [6, 6.07) is 5.64. The minimum absolute atomic E-state index is 0.459. The van der Waals surface area contributed by atoms with Gasteiger partial charge in [0, 0.05) is 37.6 Å². The molecule has 2 rings (SSSR count). The van der Waals surface area contributed by atoms with Crippen molar-refractivity contribution in [2.45, 2.75) is 18.9 Å². The molecule has 17 heavy (non-hydrogen) atoms. The molecule has 3 nitrogen and oxygen atoms in total. The van der Waals surface area contributed by atoms with Crippen LogP contribution in [0.2, 0.25) is 5.02 Å². The van der Waals surface area contributed by atoms with Crippen LogP contribution in [0.3, 0.4) is 0 Å². The zero-order valence-corrected chi connectivity index (χ0v) is 10.0. The molecule has 1 unspecified atom stereocenters. The van der Waals surface area contributed by atoms with Gasteiger partial charge in [0.05, 0.1) is 11.1 Å². The maximum Gasteiger partial charge on any atom is 0.0622 e. The molecule has 0 aromatic carbocycles. The number of nitrogens with zero attached hydrogens (tertiary/aromatic N) is 2. The Morgan fingerprint density at radius 3 is 2.65 bits per heavy atom. The van der Waals surface area contributed by atoms with E-state index in [1.807, 2.05) is 18.2 Å². The van der Waals surface area contributed by atoms with Crippen LogP contribution in [-0.2, 0) is 12.8 Å². The third kappa shape index (κ3) is 3.51. The molecule has 1 atom stereocenters. The minimum atomic E-state index is -0.459. The van der Waals surface area contributed by atoms with Gasteiger partial charge in [-0.3, -0.25) is 9.97 Å². The fraction of sp³-hybridized carbons (Fsp3) is 0.231. The Bertz CT molecular complexity index is 476. The molecule has 0 fully saturated rings. The molecule has 0 amide bonds. The van der Waals surface area contributed by atoms with E-state index in [2.05, 4.69) is 9.97 Å². The van der Waals surface area contributed by atoms with Crippen LogP contribution >= 0.6 is 11.6 Å². The molecule has 4 heteroatoms. The summed E-state index contributed by atoms with van der Waals surface area (Å²) >= 11 is 5.99. The summed E-state index contributed by atoms with van der Waals surface area (Å²) in [6.07, 6.45) is 7.39. The molecule has 0 aliphatic carbocycles. The van der Waals surface area contributed by atoms with Gasteiger partial charge in [-0.25, -0.2) is 0 Å². The number of pyridine rings is 2. The maximum atomic E-state index is 9.97. The van der Waals surface area contributed by atoms with E-state index in [1.54, 1.807) is 24.8 Å². The largest absolute Gasteiger partial charge is 0.392 e. The highest BCUT2D eigenvalue weighted by Gasteiger charge is 2.09. The van der Waals surface area contributed by atoms with Crippen molar-refractivity contribution in [3.63, 3.8) is 0 Å². The smallest absolute Gasteiger partial charge is 0.0622 e. The van der Waals surface area contributed by atoms with E-state index in [1.165, 1.54) is 0 Å². The highest BCUT2D eigenvalue weighted by Crippen LogP contribution is 2.16. The Kier molecular flexibility index (Phi) is 4.07. The van der Waals surface area contributed by atoms with Gasteiger partial charge >= 0.3 is 0 Å². The highest BCUT2D eigenvalue weighted by molar-refractivity contribution is 6.31. The van der Waals surface area contributed by atoms with E-state index in [-0.39, 0.29) is 0 Å². The fourth-order valence-corrected chi connectivity index (χ4v) is 1.88.